The maximum absolute atomic E-state index is 12.0. The number of ether oxygens (including phenoxy) is 1. The van der Waals surface area contributed by atoms with Crippen LogP contribution in [-0.2, 0) is 4.74 Å². The highest BCUT2D eigenvalue weighted by Crippen LogP contribution is 2.22. The largest absolute Gasteiger partial charge is 0.444 e. The van der Waals surface area contributed by atoms with Crippen LogP contribution in [0.25, 0.3) is 0 Å². The molecule has 8 nitrogen and oxygen atoms in total. The lowest BCUT2D eigenvalue weighted by Gasteiger charge is -2.27. The zero-order chi connectivity index (χ0) is 17.5. The van der Waals surface area contributed by atoms with Gasteiger partial charge in [0, 0.05) is 25.7 Å². The first-order valence-electron chi connectivity index (χ1n) is 7.30. The first-order valence-corrected chi connectivity index (χ1v) is 7.30. The Morgan fingerprint density at radius 3 is 2.57 bits per heavy atom. The molecule has 0 heterocycles. The summed E-state index contributed by atoms with van der Waals surface area (Å²) in [6, 6.07) is 6.28. The SMILES string of the molecule is CC(C)(C)OC(=O)N(CCO)CCNc1ccccc1[N+](=O)[O-]. The summed E-state index contributed by atoms with van der Waals surface area (Å²) in [6.07, 6.45) is -0.532. The van der Waals surface area contributed by atoms with Gasteiger partial charge in [-0.15, -0.1) is 0 Å². The van der Waals surface area contributed by atoms with Gasteiger partial charge >= 0.3 is 6.09 Å². The predicted molar refractivity (Wildman–Crippen MR) is 86.5 cm³/mol. The monoisotopic (exact) mass is 325 g/mol. The summed E-state index contributed by atoms with van der Waals surface area (Å²) in [6.45, 7) is 5.76. The van der Waals surface area contributed by atoms with Gasteiger partial charge in [0.2, 0.25) is 0 Å². The fraction of sp³-hybridized carbons (Fsp3) is 0.533. The predicted octanol–water partition coefficient (Wildman–Crippen LogP) is 2.24. The highest BCUT2D eigenvalue weighted by molar-refractivity contribution is 5.68. The second-order valence-electron chi connectivity index (χ2n) is 5.89. The van der Waals surface area contributed by atoms with Crippen LogP contribution in [0.15, 0.2) is 24.3 Å². The van der Waals surface area contributed by atoms with Gasteiger partial charge in [-0.25, -0.2) is 4.79 Å². The minimum atomic E-state index is -0.629. The molecule has 0 aliphatic heterocycles. The number of aliphatic hydroxyl groups is 1. The van der Waals surface area contributed by atoms with Crippen molar-refractivity contribution in [3.63, 3.8) is 0 Å². The molecule has 0 spiro atoms. The third kappa shape index (κ3) is 6.52. The minimum Gasteiger partial charge on any atom is -0.444 e. The van der Waals surface area contributed by atoms with Crippen LogP contribution in [0.5, 0.6) is 0 Å². The van der Waals surface area contributed by atoms with Crippen molar-refractivity contribution < 1.29 is 19.6 Å². The Morgan fingerprint density at radius 1 is 1.35 bits per heavy atom. The molecule has 0 saturated carbocycles. The molecule has 1 amide bonds. The smallest absolute Gasteiger partial charge is 0.410 e. The molecule has 0 aliphatic carbocycles. The van der Waals surface area contributed by atoms with Crippen molar-refractivity contribution >= 4 is 17.5 Å². The Labute approximate surface area is 135 Å². The number of benzene rings is 1. The maximum atomic E-state index is 12.0. The van der Waals surface area contributed by atoms with E-state index in [0.29, 0.717) is 12.2 Å². The summed E-state index contributed by atoms with van der Waals surface area (Å²) >= 11 is 0. The summed E-state index contributed by atoms with van der Waals surface area (Å²) in [7, 11) is 0. The van der Waals surface area contributed by atoms with Gasteiger partial charge in [0.1, 0.15) is 11.3 Å². The van der Waals surface area contributed by atoms with Gasteiger partial charge in [0.05, 0.1) is 11.5 Å². The fourth-order valence-corrected chi connectivity index (χ4v) is 1.85. The zero-order valence-corrected chi connectivity index (χ0v) is 13.6. The molecule has 2 N–H and O–H groups in total. The van der Waals surface area contributed by atoms with Crippen LogP contribution in [0.1, 0.15) is 20.8 Å². The Hall–Kier alpha value is -2.35. The summed E-state index contributed by atoms with van der Waals surface area (Å²) in [5.74, 6) is 0. The van der Waals surface area contributed by atoms with Crippen molar-refractivity contribution in [2.45, 2.75) is 26.4 Å². The Bertz CT molecular complexity index is 542. The van der Waals surface area contributed by atoms with Crippen LogP contribution in [0.4, 0.5) is 16.2 Å². The highest BCUT2D eigenvalue weighted by atomic mass is 16.6. The number of nitrogens with one attached hydrogen (secondary N) is 1. The topological polar surface area (TPSA) is 105 Å². The number of anilines is 1. The van der Waals surface area contributed by atoms with Crippen molar-refractivity contribution in [1.29, 1.82) is 0 Å². The molecule has 0 aliphatic rings. The summed E-state index contributed by atoms with van der Waals surface area (Å²) in [5.41, 5.74) is -0.278. The number of hydrogen-bond acceptors (Lipinski definition) is 6. The van der Waals surface area contributed by atoms with E-state index in [1.165, 1.54) is 11.0 Å². The summed E-state index contributed by atoms with van der Waals surface area (Å²) in [4.78, 5) is 23.8. The molecule has 128 valence electrons. The standard InChI is InChI=1S/C15H23N3O5/c1-15(2,3)23-14(20)17(10-11-19)9-8-16-12-6-4-5-7-13(12)18(21)22/h4-7,16,19H,8-11H2,1-3H3. The van der Waals surface area contributed by atoms with E-state index < -0.39 is 16.6 Å². The van der Waals surface area contributed by atoms with Gasteiger partial charge in [-0.1, -0.05) is 12.1 Å². The Morgan fingerprint density at radius 2 is 2.00 bits per heavy atom. The van der Waals surface area contributed by atoms with E-state index in [0.717, 1.165) is 0 Å². The van der Waals surface area contributed by atoms with Gasteiger partial charge in [0.25, 0.3) is 5.69 Å². The molecule has 0 bridgehead atoms. The number of nitrogens with zero attached hydrogens (tertiary/aromatic N) is 2. The number of amides is 1. The van der Waals surface area contributed by atoms with Gasteiger partial charge in [-0.3, -0.25) is 10.1 Å². The van der Waals surface area contributed by atoms with Crippen molar-refractivity contribution in [3.05, 3.63) is 34.4 Å². The maximum Gasteiger partial charge on any atom is 0.410 e. The van der Waals surface area contributed by atoms with Gasteiger partial charge < -0.3 is 20.1 Å². The Kier molecular flexibility index (Phi) is 6.77. The molecule has 1 aromatic carbocycles. The number of aliphatic hydroxyl groups excluding tert-OH is 1. The van der Waals surface area contributed by atoms with E-state index in [4.69, 9.17) is 9.84 Å². The summed E-state index contributed by atoms with van der Waals surface area (Å²) in [5, 5.41) is 22.9. The molecule has 1 rings (SSSR count). The first kappa shape index (κ1) is 18.7. The zero-order valence-electron chi connectivity index (χ0n) is 13.6. The second kappa shape index (κ2) is 8.33. The number of para-hydroxylation sites is 2. The molecular formula is C15H23N3O5. The molecule has 0 saturated heterocycles. The Balaban J connectivity index is 2.63. The van der Waals surface area contributed by atoms with Crippen molar-refractivity contribution in [1.82, 2.24) is 4.90 Å². The molecule has 0 radical (unpaired) electrons. The van der Waals surface area contributed by atoms with Crippen molar-refractivity contribution in [2.75, 3.05) is 31.6 Å². The average molecular weight is 325 g/mol. The molecule has 8 heteroatoms. The van der Waals surface area contributed by atoms with E-state index in [-0.39, 0.29) is 25.4 Å². The summed E-state index contributed by atoms with van der Waals surface area (Å²) < 4.78 is 5.26. The number of hydrogen-bond donors (Lipinski definition) is 2. The van der Waals surface area contributed by atoms with Crippen LogP contribution in [-0.4, -0.2) is 52.9 Å². The van der Waals surface area contributed by atoms with E-state index in [2.05, 4.69) is 5.32 Å². The number of nitro groups is 1. The second-order valence-corrected chi connectivity index (χ2v) is 5.89. The van der Waals surface area contributed by atoms with Gasteiger partial charge in [0.15, 0.2) is 0 Å². The lowest BCUT2D eigenvalue weighted by atomic mass is 10.2. The lowest BCUT2D eigenvalue weighted by molar-refractivity contribution is -0.384. The quantitative estimate of drug-likeness (QED) is 0.588. The molecule has 0 aromatic heterocycles. The van der Waals surface area contributed by atoms with Crippen LogP contribution in [0.3, 0.4) is 0 Å². The van der Waals surface area contributed by atoms with Gasteiger partial charge in [-0.05, 0) is 26.8 Å². The van der Waals surface area contributed by atoms with Crippen molar-refractivity contribution in [2.24, 2.45) is 0 Å². The third-order valence-electron chi connectivity index (χ3n) is 2.82. The lowest BCUT2D eigenvalue weighted by Crippen LogP contribution is -2.40. The normalized spacial score (nSPS) is 11.0. The van der Waals surface area contributed by atoms with E-state index >= 15 is 0 Å². The number of rotatable bonds is 7. The van der Waals surface area contributed by atoms with E-state index in [1.54, 1.807) is 39.0 Å². The molecule has 23 heavy (non-hydrogen) atoms. The number of nitro benzene ring substituents is 1. The molecular weight excluding hydrogens is 302 g/mol. The molecule has 0 fully saturated rings. The highest BCUT2D eigenvalue weighted by Gasteiger charge is 2.21. The molecule has 0 unspecified atom stereocenters. The number of carbonyl (C=O) groups excluding carboxylic acids is 1. The van der Waals surface area contributed by atoms with Crippen molar-refractivity contribution in [3.8, 4) is 0 Å². The molecule has 0 atom stereocenters. The molecule has 1 aromatic rings. The van der Waals surface area contributed by atoms with Gasteiger partial charge in [-0.2, -0.15) is 0 Å². The van der Waals surface area contributed by atoms with E-state index in [1.807, 2.05) is 0 Å². The fourth-order valence-electron chi connectivity index (χ4n) is 1.85. The van der Waals surface area contributed by atoms with Crippen LogP contribution in [0.2, 0.25) is 0 Å². The van der Waals surface area contributed by atoms with Crippen LogP contribution >= 0.6 is 0 Å². The van der Waals surface area contributed by atoms with Crippen LogP contribution in [0, 0.1) is 10.1 Å². The minimum absolute atomic E-state index is 0.0292. The average Bonchev–Trinajstić information content (AvgIpc) is 2.44. The first-order chi connectivity index (χ1) is 10.7. The van der Waals surface area contributed by atoms with Crippen LogP contribution < -0.4 is 5.32 Å². The van der Waals surface area contributed by atoms with E-state index in [9.17, 15) is 14.9 Å². The third-order valence-corrected chi connectivity index (χ3v) is 2.82. The number of carbonyl (C=O) groups is 1.